The van der Waals surface area contributed by atoms with Gasteiger partial charge in [0, 0.05) is 60.2 Å². The van der Waals surface area contributed by atoms with Crippen LogP contribution in [0.15, 0.2) is 108 Å². The van der Waals surface area contributed by atoms with E-state index < -0.39 is 11.9 Å². The van der Waals surface area contributed by atoms with Gasteiger partial charge in [-0.3, -0.25) is 0 Å². The first kappa shape index (κ1) is 35.8. The van der Waals surface area contributed by atoms with Gasteiger partial charge in [0.15, 0.2) is 5.82 Å². The van der Waals surface area contributed by atoms with E-state index in [0.717, 1.165) is 61.0 Å². The SMILES string of the molecule is CCCn1ncn(-c2ccc(N3CCN(c4ccc(OC[C@@H]5CO[C@@](Cn6nnnc6-c6ccccc6)(c6ccc(Cl)cc6Cl)O5)cc4)CC3)cc2)c1=O. The molecule has 2 saturated heterocycles. The third-order valence-electron chi connectivity index (χ3n) is 9.70. The zero-order chi connectivity index (χ0) is 37.1. The number of anilines is 2. The number of ether oxygens (including phenoxy) is 3. The van der Waals surface area contributed by atoms with Crippen molar-refractivity contribution in [2.24, 2.45) is 0 Å². The average Bonchev–Trinajstić information content (AvgIpc) is 3.94. The van der Waals surface area contributed by atoms with Crippen molar-refractivity contribution in [1.82, 2.24) is 34.6 Å². The molecule has 4 heterocycles. The van der Waals surface area contributed by atoms with E-state index >= 15 is 0 Å². The first-order chi connectivity index (χ1) is 26.4. The van der Waals surface area contributed by atoms with Crippen LogP contribution >= 0.6 is 23.2 Å². The van der Waals surface area contributed by atoms with E-state index in [0.29, 0.717) is 28.0 Å². The molecule has 2 aliphatic heterocycles. The minimum atomic E-state index is -1.28. The molecule has 0 N–H and O–H groups in total. The molecular formula is C39H39Cl2N9O4. The number of aryl methyl sites for hydroxylation is 1. The first-order valence-corrected chi connectivity index (χ1v) is 18.7. The van der Waals surface area contributed by atoms with E-state index in [1.165, 1.54) is 4.68 Å². The molecule has 15 heteroatoms. The van der Waals surface area contributed by atoms with Gasteiger partial charge in [0.1, 0.15) is 31.3 Å². The Labute approximate surface area is 322 Å². The van der Waals surface area contributed by atoms with Gasteiger partial charge in [0.2, 0.25) is 5.79 Å². The van der Waals surface area contributed by atoms with E-state index in [1.807, 2.05) is 67.6 Å². The number of nitrogens with zero attached hydrogens (tertiary/aromatic N) is 9. The molecule has 0 bridgehead atoms. The second-order valence-corrected chi connectivity index (χ2v) is 14.1. The smallest absolute Gasteiger partial charge is 0.350 e. The molecule has 0 saturated carbocycles. The van der Waals surface area contributed by atoms with Crippen LogP contribution in [0.3, 0.4) is 0 Å². The maximum absolute atomic E-state index is 12.6. The molecule has 278 valence electrons. The van der Waals surface area contributed by atoms with Crippen molar-refractivity contribution in [2.75, 3.05) is 49.2 Å². The number of hydrogen-bond donors (Lipinski definition) is 0. The molecule has 2 fully saturated rings. The van der Waals surface area contributed by atoms with E-state index in [2.05, 4.69) is 54.7 Å². The Morgan fingerprint density at radius 1 is 0.852 bits per heavy atom. The maximum Gasteiger partial charge on any atom is 0.350 e. The lowest BCUT2D eigenvalue weighted by Crippen LogP contribution is -2.46. The minimum absolute atomic E-state index is 0.118. The van der Waals surface area contributed by atoms with Crippen LogP contribution in [-0.2, 0) is 28.4 Å². The normalized spacial score (nSPS) is 18.7. The summed E-state index contributed by atoms with van der Waals surface area (Å²) in [6, 6.07) is 31.2. The maximum atomic E-state index is 12.6. The number of piperazine rings is 1. The van der Waals surface area contributed by atoms with Crippen LogP contribution in [0.1, 0.15) is 18.9 Å². The lowest BCUT2D eigenvalue weighted by atomic mass is 10.1. The van der Waals surface area contributed by atoms with Crippen molar-refractivity contribution in [3.05, 3.63) is 129 Å². The van der Waals surface area contributed by atoms with Crippen LogP contribution in [0, 0.1) is 0 Å². The predicted octanol–water partition coefficient (Wildman–Crippen LogP) is 6.08. The summed E-state index contributed by atoms with van der Waals surface area (Å²) in [5.41, 5.74) is 4.44. The molecule has 0 spiro atoms. The zero-order valence-electron chi connectivity index (χ0n) is 29.7. The van der Waals surface area contributed by atoms with Gasteiger partial charge >= 0.3 is 5.69 Å². The summed E-state index contributed by atoms with van der Waals surface area (Å²) < 4.78 is 24.0. The van der Waals surface area contributed by atoms with Gasteiger partial charge in [-0.25, -0.2) is 18.7 Å². The summed E-state index contributed by atoms with van der Waals surface area (Å²) in [5.74, 6) is 0.0311. The molecule has 0 radical (unpaired) electrons. The Morgan fingerprint density at radius 3 is 2.22 bits per heavy atom. The fourth-order valence-electron chi connectivity index (χ4n) is 6.93. The van der Waals surface area contributed by atoms with Crippen molar-refractivity contribution < 1.29 is 14.2 Å². The molecule has 4 aromatic carbocycles. The summed E-state index contributed by atoms with van der Waals surface area (Å²) >= 11 is 13.0. The Kier molecular flexibility index (Phi) is 10.4. The van der Waals surface area contributed by atoms with Crippen LogP contribution in [0.25, 0.3) is 17.1 Å². The highest BCUT2D eigenvalue weighted by atomic mass is 35.5. The third kappa shape index (κ3) is 7.45. The molecule has 0 aliphatic carbocycles. The molecule has 2 atom stereocenters. The quantitative estimate of drug-likeness (QED) is 0.145. The molecule has 0 unspecified atom stereocenters. The lowest BCUT2D eigenvalue weighted by molar-refractivity contribution is -0.190. The highest BCUT2D eigenvalue weighted by molar-refractivity contribution is 6.35. The average molecular weight is 769 g/mol. The molecule has 0 amide bonds. The molecule has 13 nitrogen and oxygen atoms in total. The Bertz CT molecular complexity index is 2240. The van der Waals surface area contributed by atoms with Gasteiger partial charge in [-0.15, -0.1) is 5.10 Å². The summed E-state index contributed by atoms with van der Waals surface area (Å²) in [6.07, 6.45) is 2.05. The second-order valence-electron chi connectivity index (χ2n) is 13.3. The van der Waals surface area contributed by atoms with Gasteiger partial charge in [0.25, 0.3) is 0 Å². The highest BCUT2D eigenvalue weighted by Crippen LogP contribution is 2.41. The Morgan fingerprint density at radius 2 is 1.54 bits per heavy atom. The van der Waals surface area contributed by atoms with Crippen LogP contribution in [0.2, 0.25) is 10.0 Å². The van der Waals surface area contributed by atoms with Gasteiger partial charge < -0.3 is 24.0 Å². The van der Waals surface area contributed by atoms with Crippen molar-refractivity contribution in [3.8, 4) is 22.8 Å². The summed E-state index contributed by atoms with van der Waals surface area (Å²) in [4.78, 5) is 17.4. The highest BCUT2D eigenvalue weighted by Gasteiger charge is 2.46. The minimum Gasteiger partial charge on any atom is -0.491 e. The monoisotopic (exact) mass is 767 g/mol. The molecule has 54 heavy (non-hydrogen) atoms. The predicted molar refractivity (Wildman–Crippen MR) is 207 cm³/mol. The van der Waals surface area contributed by atoms with Crippen molar-refractivity contribution >= 4 is 34.6 Å². The largest absolute Gasteiger partial charge is 0.491 e. The number of aromatic nitrogens is 7. The van der Waals surface area contributed by atoms with Gasteiger partial charge in [-0.2, -0.15) is 5.10 Å². The molecule has 6 aromatic rings. The van der Waals surface area contributed by atoms with E-state index in [9.17, 15) is 4.79 Å². The van der Waals surface area contributed by atoms with Crippen molar-refractivity contribution in [3.63, 3.8) is 0 Å². The molecule has 8 rings (SSSR count). The number of benzene rings is 4. The summed E-state index contributed by atoms with van der Waals surface area (Å²) in [7, 11) is 0. The second kappa shape index (κ2) is 15.6. The van der Waals surface area contributed by atoms with Gasteiger partial charge in [-0.05, 0) is 77.5 Å². The number of halogens is 2. The van der Waals surface area contributed by atoms with Crippen LogP contribution in [0.4, 0.5) is 11.4 Å². The first-order valence-electron chi connectivity index (χ1n) is 18.0. The summed E-state index contributed by atoms with van der Waals surface area (Å²) in [6.45, 7) is 6.84. The van der Waals surface area contributed by atoms with Gasteiger partial charge in [-0.1, -0.05) is 66.5 Å². The van der Waals surface area contributed by atoms with E-state index in [4.69, 9.17) is 37.4 Å². The Hall–Kier alpha value is -5.21. The molecule has 2 aliphatic rings. The Balaban J connectivity index is 0.879. The fraction of sp³-hybridized carbons (Fsp3) is 0.308. The standard InChI is InChI=1S/C39H39Cl2N9O4/c1-2-18-49-38(51)48(27-42-49)32-11-9-30(10-12-32)46-19-21-47(22-20-46)31-13-15-33(16-14-31)52-24-34-25-53-39(54-34,35-17-8-29(40)23-36(35)41)26-50-37(43-44-45-50)28-6-4-3-5-7-28/h3-17,23,27,34H,2,18-22,24-26H2,1H3/t34-,39-/m1/s1. The summed E-state index contributed by atoms with van der Waals surface area (Å²) in [5, 5.41) is 17.6. The number of rotatable bonds is 12. The third-order valence-corrected chi connectivity index (χ3v) is 10.2. The van der Waals surface area contributed by atoms with E-state index in [1.54, 1.807) is 27.7 Å². The molecule has 2 aromatic heterocycles. The number of hydrogen-bond acceptors (Lipinski definition) is 10. The molecular weight excluding hydrogens is 729 g/mol. The van der Waals surface area contributed by atoms with Crippen molar-refractivity contribution in [2.45, 2.75) is 38.3 Å². The zero-order valence-corrected chi connectivity index (χ0v) is 31.2. The van der Waals surface area contributed by atoms with Crippen LogP contribution in [0.5, 0.6) is 5.75 Å². The van der Waals surface area contributed by atoms with Crippen LogP contribution < -0.4 is 20.2 Å². The van der Waals surface area contributed by atoms with Crippen LogP contribution in [-0.4, -0.2) is 80.1 Å². The van der Waals surface area contributed by atoms with E-state index in [-0.39, 0.29) is 25.4 Å². The fourth-order valence-corrected chi connectivity index (χ4v) is 7.48. The lowest BCUT2D eigenvalue weighted by Gasteiger charge is -2.37. The topological polar surface area (TPSA) is 118 Å². The van der Waals surface area contributed by atoms with Gasteiger partial charge in [0.05, 0.1) is 17.3 Å². The number of tetrazole rings is 1. The van der Waals surface area contributed by atoms with Crippen molar-refractivity contribution in [1.29, 1.82) is 0 Å².